The Hall–Kier alpha value is -2.05. The number of hydrogen-bond acceptors (Lipinski definition) is 5. The number of amides is 1. The molecular formula is C5H6N6O. The molecule has 0 aromatic carbocycles. The highest BCUT2D eigenvalue weighted by Crippen LogP contribution is 2.20. The summed E-state index contributed by atoms with van der Waals surface area (Å²) in [6.07, 6.45) is 1.63. The number of hydrogen-bond donors (Lipinski definition) is 3. The van der Waals surface area contributed by atoms with Crippen LogP contribution in [0.2, 0.25) is 0 Å². The van der Waals surface area contributed by atoms with Gasteiger partial charge in [0.2, 0.25) is 0 Å². The molecule has 7 nitrogen and oxygen atoms in total. The smallest absolute Gasteiger partial charge is 0.252 e. The summed E-state index contributed by atoms with van der Waals surface area (Å²) in [5, 5.41) is 7.16. The predicted molar refractivity (Wildman–Crippen MR) is 40.0 cm³/mol. The van der Waals surface area contributed by atoms with Gasteiger partial charge in [0.15, 0.2) is 5.82 Å². The number of nitrogens with zero attached hydrogens (tertiary/aromatic N) is 3. The van der Waals surface area contributed by atoms with Crippen LogP contribution in [-0.4, -0.2) is 10.6 Å². The van der Waals surface area contributed by atoms with Crippen LogP contribution in [0.5, 0.6) is 0 Å². The van der Waals surface area contributed by atoms with Gasteiger partial charge in [-0.25, -0.2) is 10.2 Å². The predicted octanol–water partition coefficient (Wildman–Crippen LogP) is -0.353. The Morgan fingerprint density at radius 3 is 3.25 bits per heavy atom. The highest BCUT2D eigenvalue weighted by molar-refractivity contribution is 5.97. The van der Waals surface area contributed by atoms with Gasteiger partial charge in [-0.15, -0.1) is 5.11 Å². The SMILES string of the molecule is NC(=O)c1ccn2c1N=NNN2. The maximum absolute atomic E-state index is 10.8. The minimum atomic E-state index is -0.522. The minimum absolute atomic E-state index is 0.341. The first-order valence-corrected chi connectivity index (χ1v) is 3.22. The van der Waals surface area contributed by atoms with Gasteiger partial charge in [0.05, 0.1) is 5.56 Å². The van der Waals surface area contributed by atoms with Crippen molar-refractivity contribution >= 4 is 11.7 Å². The van der Waals surface area contributed by atoms with Crippen LogP contribution in [0.25, 0.3) is 0 Å². The van der Waals surface area contributed by atoms with Crippen molar-refractivity contribution in [1.82, 2.24) is 10.2 Å². The molecule has 0 aliphatic carbocycles. The maximum atomic E-state index is 10.8. The zero-order chi connectivity index (χ0) is 8.55. The van der Waals surface area contributed by atoms with Crippen LogP contribution in [0.1, 0.15) is 10.4 Å². The van der Waals surface area contributed by atoms with E-state index in [4.69, 9.17) is 5.73 Å². The van der Waals surface area contributed by atoms with Crippen molar-refractivity contribution in [3.63, 3.8) is 0 Å². The molecule has 2 rings (SSSR count). The Morgan fingerprint density at radius 2 is 2.50 bits per heavy atom. The molecule has 0 radical (unpaired) electrons. The molecule has 0 spiro atoms. The largest absolute Gasteiger partial charge is 0.365 e. The number of fused-ring (bicyclic) bond motifs is 1. The molecule has 0 saturated heterocycles. The molecule has 1 amide bonds. The van der Waals surface area contributed by atoms with Gasteiger partial charge in [-0.1, -0.05) is 5.22 Å². The number of primary amides is 1. The molecule has 0 saturated carbocycles. The number of nitrogens with two attached hydrogens (primary N) is 1. The quantitative estimate of drug-likeness (QED) is 0.531. The molecule has 12 heavy (non-hydrogen) atoms. The lowest BCUT2D eigenvalue weighted by atomic mass is 10.3. The molecular weight excluding hydrogens is 160 g/mol. The highest BCUT2D eigenvalue weighted by atomic mass is 16.1. The third-order valence-electron chi connectivity index (χ3n) is 1.49. The van der Waals surface area contributed by atoms with E-state index in [2.05, 4.69) is 21.4 Å². The van der Waals surface area contributed by atoms with E-state index < -0.39 is 5.91 Å². The van der Waals surface area contributed by atoms with Crippen molar-refractivity contribution in [3.8, 4) is 0 Å². The lowest BCUT2D eigenvalue weighted by molar-refractivity contribution is 0.100. The van der Waals surface area contributed by atoms with Crippen molar-refractivity contribution in [2.45, 2.75) is 0 Å². The molecule has 0 bridgehead atoms. The fourth-order valence-corrected chi connectivity index (χ4v) is 0.957. The number of carbonyl (C=O) groups excluding carboxylic acids is 1. The van der Waals surface area contributed by atoms with Gasteiger partial charge in [0.25, 0.3) is 5.91 Å². The first-order chi connectivity index (χ1) is 5.79. The third-order valence-corrected chi connectivity index (χ3v) is 1.49. The summed E-state index contributed by atoms with van der Waals surface area (Å²) in [5.74, 6) is -0.118. The number of carbonyl (C=O) groups is 1. The van der Waals surface area contributed by atoms with E-state index in [1.165, 1.54) is 4.68 Å². The zero-order valence-corrected chi connectivity index (χ0v) is 5.98. The van der Waals surface area contributed by atoms with E-state index in [0.717, 1.165) is 0 Å². The molecule has 0 fully saturated rings. The van der Waals surface area contributed by atoms with Crippen molar-refractivity contribution in [2.24, 2.45) is 16.1 Å². The van der Waals surface area contributed by atoms with E-state index in [1.807, 2.05) is 0 Å². The topological polar surface area (TPSA) is 96.8 Å². The normalized spacial score (nSPS) is 13.0. The molecule has 1 aromatic rings. The van der Waals surface area contributed by atoms with E-state index >= 15 is 0 Å². The van der Waals surface area contributed by atoms with Crippen LogP contribution >= 0.6 is 0 Å². The maximum Gasteiger partial charge on any atom is 0.252 e. The lowest BCUT2D eigenvalue weighted by Gasteiger charge is -2.11. The Kier molecular flexibility index (Phi) is 1.23. The number of nitrogens with one attached hydrogen (secondary N) is 2. The Labute approximate surface area is 67.2 Å². The second kappa shape index (κ2) is 2.22. The van der Waals surface area contributed by atoms with E-state index in [9.17, 15) is 4.79 Å². The number of rotatable bonds is 1. The molecule has 62 valence electrons. The fraction of sp³-hybridized carbons (Fsp3) is 0. The monoisotopic (exact) mass is 166 g/mol. The standard InChI is InChI=1S/C5H6N6O/c6-4(12)3-1-2-11-5(3)7-8-9-10-11/h1-2H,(H2,6,12)(H,7,9)(H,8,10). The van der Waals surface area contributed by atoms with E-state index in [-0.39, 0.29) is 0 Å². The van der Waals surface area contributed by atoms with Gasteiger partial charge in [-0.05, 0) is 6.07 Å². The molecule has 0 atom stereocenters. The van der Waals surface area contributed by atoms with E-state index in [0.29, 0.717) is 11.4 Å². The van der Waals surface area contributed by atoms with Crippen LogP contribution in [0.4, 0.5) is 5.82 Å². The minimum Gasteiger partial charge on any atom is -0.365 e. The zero-order valence-electron chi connectivity index (χ0n) is 5.98. The summed E-state index contributed by atoms with van der Waals surface area (Å²) >= 11 is 0. The summed E-state index contributed by atoms with van der Waals surface area (Å²) in [6, 6.07) is 1.57. The fourth-order valence-electron chi connectivity index (χ4n) is 0.957. The molecule has 0 unspecified atom stereocenters. The summed E-state index contributed by atoms with van der Waals surface area (Å²) in [6.45, 7) is 0. The van der Waals surface area contributed by atoms with Crippen LogP contribution in [0.3, 0.4) is 0 Å². The number of aromatic nitrogens is 1. The average molecular weight is 166 g/mol. The van der Waals surface area contributed by atoms with Crippen LogP contribution in [0.15, 0.2) is 22.6 Å². The second-order valence-electron chi connectivity index (χ2n) is 2.21. The lowest BCUT2D eigenvalue weighted by Crippen LogP contribution is -2.27. The summed E-state index contributed by atoms with van der Waals surface area (Å²) in [7, 11) is 0. The van der Waals surface area contributed by atoms with Crippen LogP contribution < -0.4 is 16.8 Å². The van der Waals surface area contributed by atoms with Gasteiger partial charge >= 0.3 is 0 Å². The van der Waals surface area contributed by atoms with Gasteiger partial charge < -0.3 is 5.73 Å². The Bertz CT molecular complexity index is 353. The highest BCUT2D eigenvalue weighted by Gasteiger charge is 2.14. The average Bonchev–Trinajstić information content (AvgIpc) is 2.47. The van der Waals surface area contributed by atoms with Crippen LogP contribution in [0, 0.1) is 0 Å². The van der Waals surface area contributed by atoms with Gasteiger partial charge in [-0.2, -0.15) is 5.53 Å². The molecule has 4 N–H and O–H groups in total. The van der Waals surface area contributed by atoms with Crippen molar-refractivity contribution in [2.75, 3.05) is 5.53 Å². The summed E-state index contributed by atoms with van der Waals surface area (Å²) in [4.78, 5) is 10.8. The Morgan fingerprint density at radius 1 is 1.67 bits per heavy atom. The molecule has 1 aliphatic rings. The van der Waals surface area contributed by atoms with Gasteiger partial charge in [0, 0.05) is 6.20 Å². The van der Waals surface area contributed by atoms with Crippen molar-refractivity contribution in [1.29, 1.82) is 0 Å². The molecule has 1 aliphatic heterocycles. The molecule has 1 aromatic heterocycles. The van der Waals surface area contributed by atoms with Gasteiger partial charge in [-0.3, -0.25) is 4.79 Å². The van der Waals surface area contributed by atoms with Gasteiger partial charge in [0.1, 0.15) is 0 Å². The van der Waals surface area contributed by atoms with E-state index in [1.54, 1.807) is 12.3 Å². The van der Waals surface area contributed by atoms with Crippen molar-refractivity contribution in [3.05, 3.63) is 17.8 Å². The van der Waals surface area contributed by atoms with Crippen molar-refractivity contribution < 1.29 is 4.79 Å². The second-order valence-corrected chi connectivity index (χ2v) is 2.21. The molecule has 2 heterocycles. The summed E-state index contributed by atoms with van der Waals surface area (Å²) in [5.41, 5.74) is 10.5. The van der Waals surface area contributed by atoms with Crippen LogP contribution in [-0.2, 0) is 0 Å². The Balaban J connectivity index is 2.54. The first-order valence-electron chi connectivity index (χ1n) is 3.22. The number of hydrazine groups is 1. The first kappa shape index (κ1) is 6.65. The summed E-state index contributed by atoms with van der Waals surface area (Å²) < 4.78 is 1.51. The third kappa shape index (κ3) is 0.797. The molecule has 7 heteroatoms.